The topological polar surface area (TPSA) is 89.4 Å². The summed E-state index contributed by atoms with van der Waals surface area (Å²) in [6, 6.07) is 5.15. The number of ether oxygens (including phenoxy) is 1. The van der Waals surface area contributed by atoms with Crippen molar-refractivity contribution in [3.8, 4) is 0 Å². The molecule has 0 aromatic carbocycles. The number of rotatable bonds is 5. The van der Waals surface area contributed by atoms with Crippen LogP contribution in [0.5, 0.6) is 0 Å². The van der Waals surface area contributed by atoms with Gasteiger partial charge < -0.3 is 14.2 Å². The van der Waals surface area contributed by atoms with Crippen LogP contribution < -0.4 is 5.32 Å². The van der Waals surface area contributed by atoms with E-state index in [1.165, 1.54) is 7.11 Å². The molecule has 2 amide bonds. The lowest BCUT2D eigenvalue weighted by atomic mass is 10.2. The van der Waals surface area contributed by atoms with Crippen LogP contribution in [0.3, 0.4) is 0 Å². The van der Waals surface area contributed by atoms with Crippen LogP contribution >= 0.6 is 0 Å². The second-order valence-electron chi connectivity index (χ2n) is 5.95. The van der Waals surface area contributed by atoms with E-state index < -0.39 is 0 Å². The van der Waals surface area contributed by atoms with E-state index in [2.05, 4.69) is 20.0 Å². The lowest BCUT2D eigenvalue weighted by Crippen LogP contribution is -2.40. The van der Waals surface area contributed by atoms with E-state index in [9.17, 15) is 9.59 Å². The van der Waals surface area contributed by atoms with Gasteiger partial charge in [0, 0.05) is 25.5 Å². The third kappa shape index (κ3) is 4.34. The maximum absolute atomic E-state index is 12.6. The molecule has 2 aromatic heterocycles. The summed E-state index contributed by atoms with van der Waals surface area (Å²) in [6.07, 6.45) is 7.39. The number of hydrogen-bond donors (Lipinski definition) is 1. The van der Waals surface area contributed by atoms with Gasteiger partial charge in [0.1, 0.15) is 5.82 Å². The van der Waals surface area contributed by atoms with Crippen LogP contribution in [0.2, 0.25) is 0 Å². The summed E-state index contributed by atoms with van der Waals surface area (Å²) in [4.78, 5) is 34.1. The Balaban J connectivity index is 1.63. The van der Waals surface area contributed by atoms with Crippen molar-refractivity contribution in [3.05, 3.63) is 42.6 Å². The van der Waals surface area contributed by atoms with Crippen molar-refractivity contribution in [2.45, 2.75) is 31.8 Å². The molecule has 8 nitrogen and oxygen atoms in total. The Hall–Kier alpha value is -2.90. The number of esters is 1. The van der Waals surface area contributed by atoms with E-state index in [-0.39, 0.29) is 24.5 Å². The van der Waals surface area contributed by atoms with Gasteiger partial charge in [-0.1, -0.05) is 6.07 Å². The van der Waals surface area contributed by atoms with Gasteiger partial charge in [-0.3, -0.25) is 10.1 Å². The molecule has 0 unspecified atom stereocenters. The van der Waals surface area contributed by atoms with Crippen LogP contribution in [0.4, 0.5) is 10.6 Å². The summed E-state index contributed by atoms with van der Waals surface area (Å²) in [5.74, 6) is 0.0654. The molecule has 0 saturated carbocycles. The maximum atomic E-state index is 12.6. The molecule has 1 aliphatic heterocycles. The van der Waals surface area contributed by atoms with Gasteiger partial charge >= 0.3 is 12.0 Å². The Kier molecular flexibility index (Phi) is 5.27. The average Bonchev–Trinajstić information content (AvgIpc) is 3.27. The maximum Gasteiger partial charge on any atom is 0.323 e. The number of nitrogens with zero attached hydrogens (tertiary/aromatic N) is 4. The lowest BCUT2D eigenvalue weighted by molar-refractivity contribution is -0.139. The molecule has 1 aliphatic rings. The summed E-state index contributed by atoms with van der Waals surface area (Å²) < 4.78 is 6.62. The van der Waals surface area contributed by atoms with Crippen molar-refractivity contribution in [1.82, 2.24) is 19.4 Å². The molecule has 3 heterocycles. The number of methoxy groups -OCH3 is 1. The molecule has 2 aromatic rings. The summed E-state index contributed by atoms with van der Waals surface area (Å²) in [6.45, 7) is 1.44. The second-order valence-corrected chi connectivity index (χ2v) is 5.95. The summed E-state index contributed by atoms with van der Waals surface area (Å²) >= 11 is 0. The quantitative estimate of drug-likeness (QED) is 0.835. The number of aromatic nitrogens is 3. The molecule has 3 rings (SSSR count). The van der Waals surface area contributed by atoms with Crippen LogP contribution in [0.1, 0.15) is 18.5 Å². The smallest absolute Gasteiger partial charge is 0.323 e. The Morgan fingerprint density at radius 1 is 1.40 bits per heavy atom. The average molecular weight is 343 g/mol. The number of carbonyl (C=O) groups excluding carboxylic acids is 2. The molecule has 1 N–H and O–H groups in total. The third-order valence-corrected chi connectivity index (χ3v) is 4.21. The normalized spacial score (nSPS) is 16.7. The molecule has 1 saturated heterocycles. The fraction of sp³-hybridized carbons (Fsp3) is 0.412. The highest BCUT2D eigenvalue weighted by Gasteiger charge is 2.29. The number of carbonyl (C=O) groups is 2. The molecule has 0 aliphatic carbocycles. The first kappa shape index (κ1) is 16.9. The van der Waals surface area contributed by atoms with E-state index in [1.807, 2.05) is 15.7 Å². The van der Waals surface area contributed by atoms with Crippen LogP contribution in [0.25, 0.3) is 0 Å². The second kappa shape index (κ2) is 7.78. The van der Waals surface area contributed by atoms with E-state index in [1.54, 1.807) is 30.7 Å². The molecule has 0 bridgehead atoms. The van der Waals surface area contributed by atoms with Gasteiger partial charge in [0.05, 0.1) is 31.6 Å². The van der Waals surface area contributed by atoms with Crippen LogP contribution in [-0.4, -0.2) is 51.1 Å². The van der Waals surface area contributed by atoms with Gasteiger partial charge in [0.2, 0.25) is 0 Å². The Bertz CT molecular complexity index is 732. The van der Waals surface area contributed by atoms with Crippen molar-refractivity contribution in [1.29, 1.82) is 0 Å². The van der Waals surface area contributed by atoms with E-state index in [4.69, 9.17) is 0 Å². The van der Waals surface area contributed by atoms with Gasteiger partial charge in [-0.25, -0.2) is 14.8 Å². The predicted molar refractivity (Wildman–Crippen MR) is 90.9 cm³/mol. The molecule has 0 radical (unpaired) electrons. The molecule has 0 spiro atoms. The number of imidazole rings is 1. The van der Waals surface area contributed by atoms with Gasteiger partial charge in [-0.05, 0) is 25.0 Å². The lowest BCUT2D eigenvalue weighted by Gasteiger charge is -2.25. The molecular formula is C17H21N5O3. The molecule has 132 valence electrons. The van der Waals surface area contributed by atoms with Gasteiger partial charge in [-0.15, -0.1) is 0 Å². The summed E-state index contributed by atoms with van der Waals surface area (Å²) in [5, 5.41) is 2.82. The van der Waals surface area contributed by atoms with Crippen molar-refractivity contribution < 1.29 is 14.3 Å². The number of nitrogens with one attached hydrogen (secondary N) is 1. The first-order valence-electron chi connectivity index (χ1n) is 8.22. The van der Waals surface area contributed by atoms with Crippen molar-refractivity contribution in [3.63, 3.8) is 0 Å². The fourth-order valence-electron chi connectivity index (χ4n) is 2.98. The Morgan fingerprint density at radius 3 is 3.04 bits per heavy atom. The number of hydrogen-bond acceptors (Lipinski definition) is 5. The molecule has 1 fully saturated rings. The number of anilines is 1. The fourth-order valence-corrected chi connectivity index (χ4v) is 2.98. The van der Waals surface area contributed by atoms with Crippen molar-refractivity contribution in [2.75, 3.05) is 19.0 Å². The SMILES string of the molecule is COC(=O)Cc1cccc(NC(=O)N2CCC[C@@H]2Cn2ccnc2)n1. The highest BCUT2D eigenvalue weighted by molar-refractivity contribution is 5.88. The van der Waals surface area contributed by atoms with Gasteiger partial charge in [-0.2, -0.15) is 0 Å². The minimum Gasteiger partial charge on any atom is -0.469 e. The van der Waals surface area contributed by atoms with Gasteiger partial charge in [0.25, 0.3) is 0 Å². The van der Waals surface area contributed by atoms with Crippen molar-refractivity contribution >= 4 is 17.8 Å². The highest BCUT2D eigenvalue weighted by atomic mass is 16.5. The minimum atomic E-state index is -0.365. The zero-order chi connectivity index (χ0) is 17.6. The van der Waals surface area contributed by atoms with E-state index in [0.29, 0.717) is 18.1 Å². The summed E-state index contributed by atoms with van der Waals surface area (Å²) in [5.41, 5.74) is 0.557. The number of urea groups is 1. The first-order valence-corrected chi connectivity index (χ1v) is 8.22. The van der Waals surface area contributed by atoms with Crippen LogP contribution in [-0.2, 0) is 22.5 Å². The minimum absolute atomic E-state index is 0.0766. The predicted octanol–water partition coefficient (Wildman–Crippen LogP) is 1.69. The monoisotopic (exact) mass is 343 g/mol. The molecule has 1 atom stereocenters. The zero-order valence-corrected chi connectivity index (χ0v) is 14.1. The Morgan fingerprint density at radius 2 is 2.28 bits per heavy atom. The number of pyridine rings is 1. The molecule has 8 heteroatoms. The van der Waals surface area contributed by atoms with Crippen LogP contribution in [0, 0.1) is 0 Å². The summed E-state index contributed by atoms with van der Waals surface area (Å²) in [7, 11) is 1.34. The first-order chi connectivity index (χ1) is 12.2. The van der Waals surface area contributed by atoms with Gasteiger partial charge in [0.15, 0.2) is 0 Å². The van der Waals surface area contributed by atoms with E-state index >= 15 is 0 Å². The number of amides is 2. The highest BCUT2D eigenvalue weighted by Crippen LogP contribution is 2.20. The zero-order valence-electron chi connectivity index (χ0n) is 14.1. The molecule has 25 heavy (non-hydrogen) atoms. The standard InChI is InChI=1S/C17H21N5O3/c1-25-16(23)10-13-4-2-6-15(19-13)20-17(24)22-8-3-5-14(22)11-21-9-7-18-12-21/h2,4,6-7,9,12,14H,3,5,8,10-11H2,1H3,(H,19,20,24)/t14-/m1/s1. The van der Waals surface area contributed by atoms with Crippen molar-refractivity contribution in [2.24, 2.45) is 0 Å². The van der Waals surface area contributed by atoms with Crippen LogP contribution in [0.15, 0.2) is 36.9 Å². The molecular weight excluding hydrogens is 322 g/mol. The largest absolute Gasteiger partial charge is 0.469 e. The Labute approximate surface area is 145 Å². The third-order valence-electron chi connectivity index (χ3n) is 4.21. The van der Waals surface area contributed by atoms with E-state index in [0.717, 1.165) is 19.4 Å². The number of likely N-dealkylation sites (tertiary alicyclic amines) is 1.